The molecule has 2 N–H and O–H groups in total. The van der Waals surface area contributed by atoms with Crippen LogP contribution in [-0.4, -0.2) is 17.0 Å². The number of anilines is 1. The lowest BCUT2D eigenvalue weighted by molar-refractivity contribution is -0.138. The monoisotopic (exact) mass is 365 g/mol. The van der Waals surface area contributed by atoms with E-state index in [1.807, 2.05) is 0 Å². The minimum atomic E-state index is -4.39. The Hall–Kier alpha value is -2.83. The van der Waals surface area contributed by atoms with Gasteiger partial charge in [-0.2, -0.15) is 13.2 Å². The lowest BCUT2D eigenvalue weighted by Gasteiger charge is -2.15. The van der Waals surface area contributed by atoms with Gasteiger partial charge in [-0.3, -0.25) is 9.59 Å². The number of benzene rings is 2. The fourth-order valence-corrected chi connectivity index (χ4v) is 2.49. The molecule has 0 radical (unpaired) electrons. The highest BCUT2D eigenvalue weighted by Crippen LogP contribution is 2.29. The fourth-order valence-electron chi connectivity index (χ4n) is 2.49. The van der Waals surface area contributed by atoms with Crippen LogP contribution in [0.5, 0.6) is 0 Å². The minimum absolute atomic E-state index is 0.219. The Labute approximate surface area is 148 Å². The van der Waals surface area contributed by atoms with Crippen LogP contribution in [0.4, 0.5) is 18.9 Å². The molecule has 1 unspecified atom stereocenters. The van der Waals surface area contributed by atoms with Crippen LogP contribution in [0.2, 0.25) is 0 Å². The standard InChI is InChI=1S/C19H18F3NO3/c1-12(10-13-6-8-15(9-7-13)19(20,21)22)18(26)23-16-5-3-2-4-14(16)11-17(24)25/h2-9,12H,10-11H2,1H3,(H,23,26)(H,24,25). The highest BCUT2D eigenvalue weighted by atomic mass is 19.4. The molecule has 0 aromatic heterocycles. The van der Waals surface area contributed by atoms with Crippen LogP contribution in [0.3, 0.4) is 0 Å². The number of alkyl halides is 3. The number of hydrogen-bond donors (Lipinski definition) is 2. The van der Waals surface area contributed by atoms with E-state index < -0.39 is 23.6 Å². The Balaban J connectivity index is 2.03. The highest BCUT2D eigenvalue weighted by molar-refractivity contribution is 5.93. The van der Waals surface area contributed by atoms with E-state index in [0.29, 0.717) is 16.8 Å². The van der Waals surface area contributed by atoms with E-state index in [4.69, 9.17) is 5.11 Å². The predicted molar refractivity (Wildman–Crippen MR) is 90.7 cm³/mol. The van der Waals surface area contributed by atoms with Gasteiger partial charge in [-0.25, -0.2) is 0 Å². The maximum atomic E-state index is 12.6. The first-order valence-corrected chi connectivity index (χ1v) is 7.93. The van der Waals surface area contributed by atoms with Crippen molar-refractivity contribution in [2.75, 3.05) is 5.32 Å². The van der Waals surface area contributed by atoms with E-state index in [9.17, 15) is 22.8 Å². The number of aliphatic carboxylic acids is 1. The highest BCUT2D eigenvalue weighted by Gasteiger charge is 2.30. The van der Waals surface area contributed by atoms with Crippen LogP contribution in [0.15, 0.2) is 48.5 Å². The molecular weight excluding hydrogens is 347 g/mol. The summed E-state index contributed by atoms with van der Waals surface area (Å²) in [5.41, 5.74) is 0.773. The first-order valence-electron chi connectivity index (χ1n) is 7.93. The van der Waals surface area contributed by atoms with Gasteiger partial charge in [0.15, 0.2) is 0 Å². The van der Waals surface area contributed by atoms with Gasteiger partial charge in [-0.1, -0.05) is 37.3 Å². The van der Waals surface area contributed by atoms with E-state index in [-0.39, 0.29) is 18.7 Å². The zero-order chi connectivity index (χ0) is 19.3. The van der Waals surface area contributed by atoms with Crippen molar-refractivity contribution in [3.05, 3.63) is 65.2 Å². The Bertz CT molecular complexity index is 785. The van der Waals surface area contributed by atoms with Gasteiger partial charge in [0.2, 0.25) is 5.91 Å². The molecule has 0 fully saturated rings. The van der Waals surface area contributed by atoms with Crippen molar-refractivity contribution in [2.45, 2.75) is 25.9 Å². The van der Waals surface area contributed by atoms with E-state index >= 15 is 0 Å². The molecule has 0 bridgehead atoms. The molecule has 138 valence electrons. The molecule has 2 aromatic carbocycles. The summed E-state index contributed by atoms with van der Waals surface area (Å²) in [6.45, 7) is 1.66. The number of carbonyl (C=O) groups excluding carboxylic acids is 1. The van der Waals surface area contributed by atoms with Gasteiger partial charge in [-0.05, 0) is 35.7 Å². The molecule has 1 amide bonds. The van der Waals surface area contributed by atoms with Crippen molar-refractivity contribution in [3.63, 3.8) is 0 Å². The smallest absolute Gasteiger partial charge is 0.416 e. The van der Waals surface area contributed by atoms with Crippen molar-refractivity contribution < 1.29 is 27.9 Å². The van der Waals surface area contributed by atoms with Gasteiger partial charge in [0, 0.05) is 11.6 Å². The third-order valence-electron chi connectivity index (χ3n) is 3.89. The molecule has 7 heteroatoms. The lowest BCUT2D eigenvalue weighted by Crippen LogP contribution is -2.23. The van der Waals surface area contributed by atoms with E-state index in [1.54, 1.807) is 31.2 Å². The van der Waals surface area contributed by atoms with Gasteiger partial charge >= 0.3 is 12.1 Å². The topological polar surface area (TPSA) is 66.4 Å². The number of carboxylic acid groups (broad SMARTS) is 1. The Morgan fingerprint density at radius 2 is 1.69 bits per heavy atom. The molecule has 2 rings (SSSR count). The SMILES string of the molecule is CC(Cc1ccc(C(F)(F)F)cc1)C(=O)Nc1ccccc1CC(=O)O. The van der Waals surface area contributed by atoms with Crippen molar-refractivity contribution in [1.29, 1.82) is 0 Å². The number of carbonyl (C=O) groups is 2. The first kappa shape index (κ1) is 19.5. The quantitative estimate of drug-likeness (QED) is 0.808. The summed E-state index contributed by atoms with van der Waals surface area (Å²) in [6, 6.07) is 11.3. The molecule has 2 aromatic rings. The average molecular weight is 365 g/mol. The number of halogens is 3. The maximum absolute atomic E-state index is 12.6. The summed E-state index contributed by atoms with van der Waals surface area (Å²) in [5, 5.41) is 11.6. The van der Waals surface area contributed by atoms with E-state index in [2.05, 4.69) is 5.32 Å². The zero-order valence-electron chi connectivity index (χ0n) is 14.0. The molecule has 0 aliphatic heterocycles. The molecule has 0 saturated carbocycles. The summed E-state index contributed by atoms with van der Waals surface area (Å²) >= 11 is 0. The summed E-state index contributed by atoms with van der Waals surface area (Å²) < 4.78 is 37.7. The number of rotatable bonds is 6. The molecule has 1 atom stereocenters. The second-order valence-corrected chi connectivity index (χ2v) is 6.02. The predicted octanol–water partition coefficient (Wildman–Crippen LogP) is 4.15. The lowest BCUT2D eigenvalue weighted by atomic mass is 9.99. The first-order chi connectivity index (χ1) is 12.2. The number of carboxylic acids is 1. The zero-order valence-corrected chi connectivity index (χ0v) is 14.0. The summed E-state index contributed by atoms with van der Waals surface area (Å²) in [4.78, 5) is 23.2. The molecular formula is C19H18F3NO3. The Kier molecular flexibility index (Phi) is 6.02. The number of para-hydroxylation sites is 1. The molecule has 4 nitrogen and oxygen atoms in total. The third kappa shape index (κ3) is 5.34. The molecule has 0 saturated heterocycles. The van der Waals surface area contributed by atoms with Crippen LogP contribution in [0.1, 0.15) is 23.6 Å². The second kappa shape index (κ2) is 8.03. The largest absolute Gasteiger partial charge is 0.481 e. The average Bonchev–Trinajstić information content (AvgIpc) is 2.55. The van der Waals surface area contributed by atoms with Gasteiger partial charge < -0.3 is 10.4 Å². The molecule has 0 spiro atoms. The van der Waals surface area contributed by atoms with Crippen molar-refractivity contribution in [2.24, 2.45) is 5.92 Å². The normalized spacial score (nSPS) is 12.5. The third-order valence-corrected chi connectivity index (χ3v) is 3.89. The van der Waals surface area contributed by atoms with Crippen molar-refractivity contribution in [3.8, 4) is 0 Å². The van der Waals surface area contributed by atoms with Crippen LogP contribution >= 0.6 is 0 Å². The second-order valence-electron chi connectivity index (χ2n) is 6.02. The van der Waals surface area contributed by atoms with Crippen LogP contribution in [0, 0.1) is 5.92 Å². The van der Waals surface area contributed by atoms with Crippen LogP contribution < -0.4 is 5.32 Å². The fraction of sp³-hybridized carbons (Fsp3) is 0.263. The Morgan fingerprint density at radius 3 is 2.27 bits per heavy atom. The van der Waals surface area contributed by atoms with Gasteiger partial charge in [-0.15, -0.1) is 0 Å². The number of amides is 1. The summed E-state index contributed by atoms with van der Waals surface area (Å²) in [6.07, 6.45) is -4.34. The van der Waals surface area contributed by atoms with Crippen molar-refractivity contribution in [1.82, 2.24) is 0 Å². The van der Waals surface area contributed by atoms with E-state index in [1.165, 1.54) is 12.1 Å². The minimum Gasteiger partial charge on any atom is -0.481 e. The van der Waals surface area contributed by atoms with Crippen LogP contribution in [0.25, 0.3) is 0 Å². The van der Waals surface area contributed by atoms with Gasteiger partial charge in [0.25, 0.3) is 0 Å². The van der Waals surface area contributed by atoms with Crippen molar-refractivity contribution >= 4 is 17.6 Å². The maximum Gasteiger partial charge on any atom is 0.416 e. The van der Waals surface area contributed by atoms with E-state index in [0.717, 1.165) is 12.1 Å². The Morgan fingerprint density at radius 1 is 1.08 bits per heavy atom. The van der Waals surface area contributed by atoms with Gasteiger partial charge in [0.05, 0.1) is 12.0 Å². The summed E-state index contributed by atoms with van der Waals surface area (Å²) in [7, 11) is 0. The molecule has 26 heavy (non-hydrogen) atoms. The molecule has 0 heterocycles. The summed E-state index contributed by atoms with van der Waals surface area (Å²) in [5.74, 6) is -1.84. The molecule has 0 aliphatic rings. The van der Waals surface area contributed by atoms with Crippen LogP contribution in [-0.2, 0) is 28.6 Å². The number of hydrogen-bond acceptors (Lipinski definition) is 2. The number of nitrogens with one attached hydrogen (secondary N) is 1. The molecule has 0 aliphatic carbocycles. The van der Waals surface area contributed by atoms with Gasteiger partial charge in [0.1, 0.15) is 0 Å².